The molecule has 3 aromatic rings. The Balaban J connectivity index is 1.90. The van der Waals surface area contributed by atoms with E-state index in [-0.39, 0.29) is 19.0 Å². The standard InChI is InChI=1S/C20H16O4/c1-12-14-6-2-4-8-16(14)19(17-9-5-3-7-15(12)17)20(22)24-13-10-18(21)23-11-13/h2-9,13H,10-11H2,1H3. The van der Waals surface area contributed by atoms with E-state index in [0.717, 1.165) is 27.1 Å². The Bertz CT molecular complexity index is 917. The first-order valence-corrected chi connectivity index (χ1v) is 7.92. The predicted octanol–water partition coefficient (Wildman–Crippen LogP) is 3.77. The first-order chi connectivity index (χ1) is 11.6. The predicted molar refractivity (Wildman–Crippen MR) is 91.0 cm³/mol. The molecule has 1 aliphatic rings. The number of benzene rings is 3. The Morgan fingerprint density at radius 1 is 1.00 bits per heavy atom. The van der Waals surface area contributed by atoms with Gasteiger partial charge < -0.3 is 9.47 Å². The van der Waals surface area contributed by atoms with Gasteiger partial charge in [0.25, 0.3) is 0 Å². The van der Waals surface area contributed by atoms with Crippen molar-refractivity contribution in [2.24, 2.45) is 0 Å². The van der Waals surface area contributed by atoms with Crippen molar-refractivity contribution in [1.29, 1.82) is 0 Å². The van der Waals surface area contributed by atoms with E-state index >= 15 is 0 Å². The lowest BCUT2D eigenvalue weighted by Crippen LogP contribution is -2.19. The third kappa shape index (κ3) is 2.31. The first-order valence-electron chi connectivity index (χ1n) is 7.92. The summed E-state index contributed by atoms with van der Waals surface area (Å²) in [5, 5.41) is 3.79. The molecule has 24 heavy (non-hydrogen) atoms. The number of cyclic esters (lactones) is 1. The van der Waals surface area contributed by atoms with Crippen LogP contribution in [0.1, 0.15) is 22.3 Å². The number of hydrogen-bond donors (Lipinski definition) is 0. The van der Waals surface area contributed by atoms with E-state index in [2.05, 4.69) is 6.92 Å². The molecule has 3 aromatic carbocycles. The summed E-state index contributed by atoms with van der Waals surface area (Å²) < 4.78 is 10.4. The van der Waals surface area contributed by atoms with Crippen LogP contribution < -0.4 is 0 Å². The fourth-order valence-electron chi connectivity index (χ4n) is 3.34. The smallest absolute Gasteiger partial charge is 0.339 e. The lowest BCUT2D eigenvalue weighted by molar-refractivity contribution is -0.137. The number of aryl methyl sites for hydroxylation is 1. The number of hydrogen-bond acceptors (Lipinski definition) is 4. The van der Waals surface area contributed by atoms with Crippen molar-refractivity contribution in [3.8, 4) is 0 Å². The number of carbonyl (C=O) groups excluding carboxylic acids is 2. The molecule has 1 saturated heterocycles. The maximum absolute atomic E-state index is 12.9. The molecular weight excluding hydrogens is 304 g/mol. The van der Waals surface area contributed by atoms with Crippen molar-refractivity contribution in [2.75, 3.05) is 6.61 Å². The van der Waals surface area contributed by atoms with Crippen LogP contribution in [0.2, 0.25) is 0 Å². The van der Waals surface area contributed by atoms with Gasteiger partial charge in [-0.25, -0.2) is 4.79 Å². The molecule has 120 valence electrons. The zero-order valence-electron chi connectivity index (χ0n) is 13.2. The molecule has 1 unspecified atom stereocenters. The van der Waals surface area contributed by atoms with Gasteiger partial charge in [-0.2, -0.15) is 0 Å². The van der Waals surface area contributed by atoms with Gasteiger partial charge >= 0.3 is 11.9 Å². The summed E-state index contributed by atoms with van der Waals surface area (Å²) in [6, 6.07) is 15.6. The Morgan fingerprint density at radius 2 is 1.54 bits per heavy atom. The molecule has 0 aliphatic carbocycles. The lowest BCUT2D eigenvalue weighted by atomic mass is 9.92. The lowest BCUT2D eigenvalue weighted by Gasteiger charge is -2.15. The highest BCUT2D eigenvalue weighted by Crippen LogP contribution is 2.33. The molecule has 4 rings (SSSR count). The van der Waals surface area contributed by atoms with E-state index in [1.807, 2.05) is 48.5 Å². The van der Waals surface area contributed by atoms with Gasteiger partial charge in [0, 0.05) is 0 Å². The van der Waals surface area contributed by atoms with Crippen molar-refractivity contribution >= 4 is 33.5 Å². The molecule has 0 spiro atoms. The molecule has 1 aliphatic heterocycles. The van der Waals surface area contributed by atoms with Crippen LogP contribution in [0, 0.1) is 6.92 Å². The minimum Gasteiger partial charge on any atom is -0.462 e. The van der Waals surface area contributed by atoms with Crippen LogP contribution in [0.3, 0.4) is 0 Å². The zero-order chi connectivity index (χ0) is 16.7. The van der Waals surface area contributed by atoms with Gasteiger partial charge in [-0.1, -0.05) is 48.5 Å². The molecule has 1 fully saturated rings. The summed E-state index contributed by atoms with van der Waals surface area (Å²) in [6.07, 6.45) is -0.392. The number of rotatable bonds is 2. The average Bonchev–Trinajstić information content (AvgIpc) is 3.00. The highest BCUT2D eigenvalue weighted by atomic mass is 16.6. The van der Waals surface area contributed by atoms with Crippen molar-refractivity contribution in [1.82, 2.24) is 0 Å². The number of esters is 2. The maximum atomic E-state index is 12.9. The van der Waals surface area contributed by atoms with Crippen LogP contribution in [-0.4, -0.2) is 24.6 Å². The summed E-state index contributed by atoms with van der Waals surface area (Å²) >= 11 is 0. The monoisotopic (exact) mass is 320 g/mol. The molecule has 1 atom stereocenters. The molecule has 0 bridgehead atoms. The van der Waals surface area contributed by atoms with E-state index in [1.54, 1.807) is 0 Å². The summed E-state index contributed by atoms with van der Waals surface area (Å²) in [4.78, 5) is 24.1. The maximum Gasteiger partial charge on any atom is 0.339 e. The van der Waals surface area contributed by atoms with Crippen LogP contribution in [0.25, 0.3) is 21.5 Å². The molecule has 1 heterocycles. The molecule has 0 radical (unpaired) electrons. The van der Waals surface area contributed by atoms with Crippen molar-refractivity contribution in [3.05, 3.63) is 59.7 Å². The minimum atomic E-state index is -0.510. The Morgan fingerprint density at radius 3 is 2.04 bits per heavy atom. The Hall–Kier alpha value is -2.88. The van der Waals surface area contributed by atoms with Crippen LogP contribution in [0.4, 0.5) is 0 Å². The first kappa shape index (κ1) is 14.7. The Kier molecular flexibility index (Phi) is 3.45. The topological polar surface area (TPSA) is 52.6 Å². The average molecular weight is 320 g/mol. The molecule has 4 nitrogen and oxygen atoms in total. The molecule has 0 aromatic heterocycles. The molecule has 0 saturated carbocycles. The van der Waals surface area contributed by atoms with E-state index in [0.29, 0.717) is 5.56 Å². The fraction of sp³-hybridized carbons (Fsp3) is 0.200. The van der Waals surface area contributed by atoms with Crippen molar-refractivity contribution < 1.29 is 19.1 Å². The zero-order valence-corrected chi connectivity index (χ0v) is 13.2. The summed E-state index contributed by atoms with van der Waals surface area (Å²) in [5.41, 5.74) is 1.68. The number of ether oxygens (including phenoxy) is 2. The SMILES string of the molecule is Cc1c2ccccc2c(C(=O)OC2COC(=O)C2)c2ccccc12. The van der Waals surface area contributed by atoms with Crippen LogP contribution >= 0.6 is 0 Å². The van der Waals surface area contributed by atoms with Crippen LogP contribution in [0.15, 0.2) is 48.5 Å². The van der Waals surface area contributed by atoms with E-state index in [9.17, 15) is 9.59 Å². The van der Waals surface area contributed by atoms with Gasteiger partial charge in [0.15, 0.2) is 0 Å². The summed E-state index contributed by atoms with van der Waals surface area (Å²) in [5.74, 6) is -0.739. The third-order valence-corrected chi connectivity index (χ3v) is 4.50. The van der Waals surface area contributed by atoms with E-state index < -0.39 is 12.1 Å². The second-order valence-corrected chi connectivity index (χ2v) is 6.01. The number of fused-ring (bicyclic) bond motifs is 2. The van der Waals surface area contributed by atoms with Gasteiger partial charge in [-0.05, 0) is 34.0 Å². The fourth-order valence-corrected chi connectivity index (χ4v) is 3.34. The van der Waals surface area contributed by atoms with Gasteiger partial charge in [0.1, 0.15) is 12.7 Å². The van der Waals surface area contributed by atoms with Gasteiger partial charge in [-0.15, -0.1) is 0 Å². The van der Waals surface area contributed by atoms with Crippen molar-refractivity contribution in [2.45, 2.75) is 19.4 Å². The van der Waals surface area contributed by atoms with E-state index in [1.165, 1.54) is 0 Å². The van der Waals surface area contributed by atoms with E-state index in [4.69, 9.17) is 9.47 Å². The third-order valence-electron chi connectivity index (χ3n) is 4.50. The van der Waals surface area contributed by atoms with Gasteiger partial charge in [0.2, 0.25) is 0 Å². The van der Waals surface area contributed by atoms with Crippen LogP contribution in [0.5, 0.6) is 0 Å². The second-order valence-electron chi connectivity index (χ2n) is 6.01. The highest BCUT2D eigenvalue weighted by molar-refractivity contribution is 6.18. The molecule has 4 heteroatoms. The van der Waals surface area contributed by atoms with Gasteiger partial charge in [0.05, 0.1) is 12.0 Å². The summed E-state index contributed by atoms with van der Waals surface area (Å²) in [7, 11) is 0. The Labute approximate surface area is 139 Å². The van der Waals surface area contributed by atoms with Gasteiger partial charge in [-0.3, -0.25) is 4.79 Å². The second kappa shape index (κ2) is 5.64. The normalized spacial score (nSPS) is 17.2. The quantitative estimate of drug-likeness (QED) is 0.533. The van der Waals surface area contributed by atoms with Crippen molar-refractivity contribution in [3.63, 3.8) is 0 Å². The molecule has 0 amide bonds. The summed E-state index contributed by atoms with van der Waals surface area (Å²) in [6.45, 7) is 2.19. The molecule has 0 N–H and O–H groups in total. The molecular formula is C20H16O4. The number of carbonyl (C=O) groups is 2. The largest absolute Gasteiger partial charge is 0.462 e. The minimum absolute atomic E-state index is 0.119. The highest BCUT2D eigenvalue weighted by Gasteiger charge is 2.29. The van der Waals surface area contributed by atoms with Crippen LogP contribution in [-0.2, 0) is 14.3 Å².